The number of allylic oxidation sites excluding steroid dienone is 1. The van der Waals surface area contributed by atoms with E-state index in [1.165, 1.54) is 24.8 Å². The van der Waals surface area contributed by atoms with E-state index in [1.54, 1.807) is 0 Å². The summed E-state index contributed by atoms with van der Waals surface area (Å²) in [6.45, 7) is 3.54. The van der Waals surface area contributed by atoms with Gasteiger partial charge in [-0.25, -0.2) is 0 Å². The van der Waals surface area contributed by atoms with Gasteiger partial charge in [0.2, 0.25) is 5.91 Å². The second-order valence-electron chi connectivity index (χ2n) is 6.43. The van der Waals surface area contributed by atoms with Gasteiger partial charge in [0.05, 0.1) is 5.41 Å². The SMILES string of the molecule is CC1CCC(CN)(C(=O)NCCC2=CCCC2)CC1. The Morgan fingerprint density at radius 3 is 2.79 bits per heavy atom. The molecule has 0 aromatic heterocycles. The Labute approximate surface area is 117 Å². The fourth-order valence-corrected chi connectivity index (χ4v) is 3.33. The lowest BCUT2D eigenvalue weighted by Gasteiger charge is -2.37. The summed E-state index contributed by atoms with van der Waals surface area (Å²) in [5.74, 6) is 0.941. The van der Waals surface area contributed by atoms with Crippen LogP contribution in [0.15, 0.2) is 11.6 Å². The minimum atomic E-state index is -0.281. The first-order valence-corrected chi connectivity index (χ1v) is 7.82. The topological polar surface area (TPSA) is 55.1 Å². The van der Waals surface area contributed by atoms with Crippen molar-refractivity contribution in [3.05, 3.63) is 11.6 Å². The summed E-state index contributed by atoms with van der Waals surface area (Å²) in [4.78, 5) is 12.4. The minimum Gasteiger partial charge on any atom is -0.355 e. The van der Waals surface area contributed by atoms with E-state index < -0.39 is 0 Å². The Bertz CT molecular complexity index is 341. The molecule has 0 aromatic carbocycles. The number of hydrogen-bond acceptors (Lipinski definition) is 2. The highest BCUT2D eigenvalue weighted by Crippen LogP contribution is 2.38. The van der Waals surface area contributed by atoms with Crippen molar-refractivity contribution < 1.29 is 4.79 Å². The Balaban J connectivity index is 1.79. The van der Waals surface area contributed by atoms with Crippen molar-refractivity contribution in [2.45, 2.75) is 58.3 Å². The van der Waals surface area contributed by atoms with Gasteiger partial charge in [0, 0.05) is 13.1 Å². The van der Waals surface area contributed by atoms with Crippen molar-refractivity contribution in [1.82, 2.24) is 5.32 Å². The molecule has 2 aliphatic rings. The molecule has 0 aliphatic heterocycles. The first-order valence-electron chi connectivity index (χ1n) is 7.82. The van der Waals surface area contributed by atoms with Crippen LogP contribution in [0.3, 0.4) is 0 Å². The van der Waals surface area contributed by atoms with E-state index in [2.05, 4.69) is 18.3 Å². The van der Waals surface area contributed by atoms with E-state index in [0.29, 0.717) is 6.54 Å². The van der Waals surface area contributed by atoms with Crippen molar-refractivity contribution in [2.24, 2.45) is 17.1 Å². The smallest absolute Gasteiger partial charge is 0.227 e. The molecule has 0 atom stereocenters. The molecule has 108 valence electrons. The zero-order valence-electron chi connectivity index (χ0n) is 12.2. The third-order valence-corrected chi connectivity index (χ3v) is 4.97. The van der Waals surface area contributed by atoms with Crippen LogP contribution in [0, 0.1) is 11.3 Å². The first kappa shape index (κ1) is 14.6. The number of hydrogen-bond donors (Lipinski definition) is 2. The van der Waals surface area contributed by atoms with E-state index in [0.717, 1.165) is 44.6 Å². The molecule has 2 aliphatic carbocycles. The number of nitrogens with two attached hydrogens (primary N) is 1. The highest BCUT2D eigenvalue weighted by molar-refractivity contribution is 5.83. The molecule has 2 rings (SSSR count). The summed E-state index contributed by atoms with van der Waals surface area (Å²) in [6.07, 6.45) is 11.2. The maximum absolute atomic E-state index is 12.4. The zero-order chi connectivity index (χ0) is 13.7. The Morgan fingerprint density at radius 1 is 1.47 bits per heavy atom. The van der Waals surface area contributed by atoms with Crippen molar-refractivity contribution in [3.63, 3.8) is 0 Å². The van der Waals surface area contributed by atoms with Crippen molar-refractivity contribution >= 4 is 5.91 Å². The highest BCUT2D eigenvalue weighted by Gasteiger charge is 2.39. The molecule has 0 radical (unpaired) electrons. The van der Waals surface area contributed by atoms with Crippen LogP contribution >= 0.6 is 0 Å². The molecule has 0 spiro atoms. The average Bonchev–Trinajstić information content (AvgIpc) is 2.93. The normalized spacial score (nSPS) is 31.1. The molecule has 0 unspecified atom stereocenters. The zero-order valence-corrected chi connectivity index (χ0v) is 12.2. The lowest BCUT2D eigenvalue weighted by Crippen LogP contribution is -2.48. The summed E-state index contributed by atoms with van der Waals surface area (Å²) in [5, 5.41) is 3.13. The quantitative estimate of drug-likeness (QED) is 0.750. The number of carbonyl (C=O) groups excluding carboxylic acids is 1. The molecule has 3 nitrogen and oxygen atoms in total. The fourth-order valence-electron chi connectivity index (χ4n) is 3.33. The third-order valence-electron chi connectivity index (χ3n) is 4.97. The van der Waals surface area contributed by atoms with Crippen molar-refractivity contribution in [3.8, 4) is 0 Å². The van der Waals surface area contributed by atoms with Gasteiger partial charge in [-0.2, -0.15) is 0 Å². The van der Waals surface area contributed by atoms with E-state index >= 15 is 0 Å². The van der Waals surface area contributed by atoms with Crippen LogP contribution in [-0.2, 0) is 4.79 Å². The molecule has 0 saturated heterocycles. The molecule has 1 amide bonds. The van der Waals surface area contributed by atoms with Gasteiger partial charge in [-0.1, -0.05) is 18.6 Å². The molecule has 1 fully saturated rings. The predicted octanol–water partition coefficient (Wildman–Crippen LogP) is 2.76. The summed E-state index contributed by atoms with van der Waals surface area (Å²) >= 11 is 0. The largest absolute Gasteiger partial charge is 0.355 e. The van der Waals surface area contributed by atoms with Gasteiger partial charge in [-0.3, -0.25) is 4.79 Å². The molecule has 0 aromatic rings. The minimum absolute atomic E-state index is 0.195. The van der Waals surface area contributed by atoms with Gasteiger partial charge in [-0.15, -0.1) is 0 Å². The number of amides is 1. The maximum atomic E-state index is 12.4. The standard InChI is InChI=1S/C16H28N2O/c1-13-6-9-16(12-17,10-7-13)15(19)18-11-8-14-4-2-3-5-14/h4,13H,2-3,5-12,17H2,1H3,(H,18,19). The van der Waals surface area contributed by atoms with Gasteiger partial charge in [0.15, 0.2) is 0 Å². The molecule has 1 saturated carbocycles. The van der Waals surface area contributed by atoms with Crippen molar-refractivity contribution in [2.75, 3.05) is 13.1 Å². The Hall–Kier alpha value is -0.830. The number of nitrogens with one attached hydrogen (secondary N) is 1. The molecule has 0 bridgehead atoms. The Kier molecular flexibility index (Phi) is 5.03. The van der Waals surface area contributed by atoms with E-state index in [4.69, 9.17) is 5.73 Å². The second kappa shape index (κ2) is 6.56. The average molecular weight is 264 g/mol. The number of carbonyl (C=O) groups is 1. The van der Waals surface area contributed by atoms with Crippen LogP contribution in [0.2, 0.25) is 0 Å². The molecular weight excluding hydrogens is 236 g/mol. The molecular formula is C16H28N2O. The van der Waals surface area contributed by atoms with Crippen LogP contribution in [0.5, 0.6) is 0 Å². The summed E-state index contributed by atoms with van der Waals surface area (Å²) in [6, 6.07) is 0. The van der Waals surface area contributed by atoms with Crippen LogP contribution in [-0.4, -0.2) is 19.0 Å². The third kappa shape index (κ3) is 3.59. The monoisotopic (exact) mass is 264 g/mol. The van der Waals surface area contributed by atoms with Crippen LogP contribution in [0.25, 0.3) is 0 Å². The van der Waals surface area contributed by atoms with Gasteiger partial charge in [0.1, 0.15) is 0 Å². The maximum Gasteiger partial charge on any atom is 0.227 e. The number of rotatable bonds is 5. The first-order chi connectivity index (χ1) is 9.16. The van der Waals surface area contributed by atoms with Gasteiger partial charge >= 0.3 is 0 Å². The van der Waals surface area contributed by atoms with E-state index in [1.807, 2.05) is 0 Å². The van der Waals surface area contributed by atoms with Crippen LogP contribution < -0.4 is 11.1 Å². The van der Waals surface area contributed by atoms with Gasteiger partial charge in [0.25, 0.3) is 0 Å². The Morgan fingerprint density at radius 2 is 2.21 bits per heavy atom. The second-order valence-corrected chi connectivity index (χ2v) is 6.43. The van der Waals surface area contributed by atoms with Gasteiger partial charge < -0.3 is 11.1 Å². The lowest BCUT2D eigenvalue weighted by atomic mass is 9.70. The van der Waals surface area contributed by atoms with Crippen LogP contribution in [0.4, 0.5) is 0 Å². The predicted molar refractivity (Wildman–Crippen MR) is 78.7 cm³/mol. The lowest BCUT2D eigenvalue weighted by molar-refractivity contribution is -0.132. The fraction of sp³-hybridized carbons (Fsp3) is 0.812. The molecule has 0 heterocycles. The summed E-state index contributed by atoms with van der Waals surface area (Å²) in [5.41, 5.74) is 7.14. The highest BCUT2D eigenvalue weighted by atomic mass is 16.2. The summed E-state index contributed by atoms with van der Waals surface area (Å²) < 4.78 is 0. The van der Waals surface area contributed by atoms with Crippen LogP contribution in [0.1, 0.15) is 58.3 Å². The summed E-state index contributed by atoms with van der Waals surface area (Å²) in [7, 11) is 0. The molecule has 3 heteroatoms. The molecule has 19 heavy (non-hydrogen) atoms. The van der Waals surface area contributed by atoms with Gasteiger partial charge in [-0.05, 0) is 57.3 Å². The van der Waals surface area contributed by atoms with Crippen molar-refractivity contribution in [1.29, 1.82) is 0 Å². The van der Waals surface area contributed by atoms with E-state index in [9.17, 15) is 4.79 Å². The van der Waals surface area contributed by atoms with E-state index in [-0.39, 0.29) is 11.3 Å². The molecule has 3 N–H and O–H groups in total.